The van der Waals surface area contributed by atoms with Crippen molar-refractivity contribution in [3.05, 3.63) is 36.5 Å². The monoisotopic (exact) mass is 336 g/mol. The van der Waals surface area contributed by atoms with E-state index in [1.807, 2.05) is 6.07 Å². The molecule has 3 rings (SSSR count). The van der Waals surface area contributed by atoms with E-state index in [2.05, 4.69) is 25.7 Å². The van der Waals surface area contributed by atoms with Crippen LogP contribution in [0.15, 0.2) is 31.0 Å². The Morgan fingerprint density at radius 3 is 3.00 bits per heavy atom. The summed E-state index contributed by atoms with van der Waals surface area (Å²) in [6, 6.07) is 2.85. The average molecular weight is 336 g/mol. The van der Waals surface area contributed by atoms with Crippen LogP contribution in [0.5, 0.6) is 0 Å². The fourth-order valence-electron chi connectivity index (χ4n) is 2.41. The van der Waals surface area contributed by atoms with E-state index in [1.165, 1.54) is 17.3 Å². The Kier molecular flexibility index (Phi) is 4.24. The van der Waals surface area contributed by atoms with Gasteiger partial charge in [-0.15, -0.1) is 0 Å². The van der Waals surface area contributed by atoms with Gasteiger partial charge < -0.3 is 10.6 Å². The van der Waals surface area contributed by atoms with E-state index in [4.69, 9.17) is 0 Å². The van der Waals surface area contributed by atoms with Crippen LogP contribution in [-0.2, 0) is 16.4 Å². The molecule has 0 aromatic carbocycles. The van der Waals surface area contributed by atoms with Gasteiger partial charge in [0.05, 0.1) is 11.5 Å². The summed E-state index contributed by atoms with van der Waals surface area (Å²) in [5, 5.41) is 9.41. The van der Waals surface area contributed by atoms with Crippen LogP contribution < -0.4 is 10.6 Å². The molecule has 122 valence electrons. The van der Waals surface area contributed by atoms with E-state index in [0.717, 1.165) is 5.56 Å². The first-order chi connectivity index (χ1) is 11.0. The van der Waals surface area contributed by atoms with Gasteiger partial charge in [-0.2, -0.15) is 5.10 Å². The van der Waals surface area contributed by atoms with Crippen LogP contribution in [0.3, 0.4) is 0 Å². The molecule has 1 aliphatic rings. The maximum atomic E-state index is 11.9. The first-order valence-corrected chi connectivity index (χ1v) is 8.89. The van der Waals surface area contributed by atoms with Gasteiger partial charge in [0.2, 0.25) is 0 Å². The highest BCUT2D eigenvalue weighted by Crippen LogP contribution is 2.11. The summed E-state index contributed by atoms with van der Waals surface area (Å²) < 4.78 is 24.3. The summed E-state index contributed by atoms with van der Waals surface area (Å²) in [5.74, 6) is 0.697. The molecule has 0 spiro atoms. The molecule has 2 aromatic rings. The summed E-state index contributed by atoms with van der Waals surface area (Å²) in [7, 11) is -3.02. The van der Waals surface area contributed by atoms with E-state index in [1.54, 1.807) is 12.3 Å². The second-order valence-electron chi connectivity index (χ2n) is 5.25. The van der Waals surface area contributed by atoms with Gasteiger partial charge in [-0.05, 0) is 12.5 Å². The molecule has 9 nitrogen and oxygen atoms in total. The van der Waals surface area contributed by atoms with Crippen molar-refractivity contribution in [3.8, 4) is 5.82 Å². The van der Waals surface area contributed by atoms with Crippen LogP contribution >= 0.6 is 0 Å². The number of carbonyl (C=O) groups excluding carboxylic acids is 1. The fourth-order valence-corrected chi connectivity index (χ4v) is 4.09. The minimum Gasteiger partial charge on any atom is -0.334 e. The first-order valence-electron chi connectivity index (χ1n) is 7.07. The van der Waals surface area contributed by atoms with Crippen LogP contribution in [0.25, 0.3) is 5.82 Å². The molecule has 2 aromatic heterocycles. The molecular formula is C13H16N6O3S. The second kappa shape index (κ2) is 6.32. The van der Waals surface area contributed by atoms with E-state index >= 15 is 0 Å². The lowest BCUT2D eigenvalue weighted by atomic mass is 10.2. The molecule has 2 N–H and O–H groups in total. The molecule has 1 fully saturated rings. The Hall–Kier alpha value is -2.49. The zero-order chi connectivity index (χ0) is 16.3. The SMILES string of the molecule is O=C(NCc1cccnc1-n1cncn1)NC1CCS(=O)(=O)C1. The van der Waals surface area contributed by atoms with Gasteiger partial charge in [0.15, 0.2) is 15.7 Å². The van der Waals surface area contributed by atoms with Crippen LogP contribution in [0, 0.1) is 0 Å². The standard InChI is InChI=1S/C13H16N6O3S/c20-13(18-11-3-5-23(21,22)7-11)16-6-10-2-1-4-15-12(10)19-9-14-8-17-19/h1-2,4,8-9,11H,3,5-7H2,(H2,16,18,20). The van der Waals surface area contributed by atoms with Crippen LogP contribution in [0.4, 0.5) is 4.79 Å². The van der Waals surface area contributed by atoms with Crippen molar-refractivity contribution in [2.45, 2.75) is 19.0 Å². The molecule has 23 heavy (non-hydrogen) atoms. The number of pyridine rings is 1. The number of carbonyl (C=O) groups is 1. The topological polar surface area (TPSA) is 119 Å². The average Bonchev–Trinajstić information content (AvgIpc) is 3.15. The quantitative estimate of drug-likeness (QED) is 0.787. The number of rotatable bonds is 4. The zero-order valence-electron chi connectivity index (χ0n) is 12.2. The van der Waals surface area contributed by atoms with E-state index in [-0.39, 0.29) is 24.1 Å². The van der Waals surface area contributed by atoms with Gasteiger partial charge in [-0.1, -0.05) is 6.07 Å². The largest absolute Gasteiger partial charge is 0.334 e. The third-order valence-corrected chi connectivity index (χ3v) is 5.28. The number of aromatic nitrogens is 4. The number of urea groups is 1. The molecule has 1 unspecified atom stereocenters. The predicted molar refractivity (Wildman–Crippen MR) is 81.6 cm³/mol. The molecule has 1 atom stereocenters. The van der Waals surface area contributed by atoms with Crippen molar-refractivity contribution in [2.24, 2.45) is 0 Å². The third-order valence-electron chi connectivity index (χ3n) is 3.51. The Bertz CT molecular complexity index is 790. The molecule has 1 saturated heterocycles. The second-order valence-corrected chi connectivity index (χ2v) is 7.48. The fraction of sp³-hybridized carbons (Fsp3) is 0.385. The lowest BCUT2D eigenvalue weighted by Gasteiger charge is -2.13. The normalized spacial score (nSPS) is 19.4. The van der Waals surface area contributed by atoms with E-state index in [0.29, 0.717) is 12.2 Å². The van der Waals surface area contributed by atoms with Crippen molar-refractivity contribution in [3.63, 3.8) is 0 Å². The maximum absolute atomic E-state index is 11.9. The molecule has 2 amide bonds. The number of amides is 2. The van der Waals surface area contributed by atoms with Crippen molar-refractivity contribution in [1.82, 2.24) is 30.4 Å². The molecule has 10 heteroatoms. The summed E-state index contributed by atoms with van der Waals surface area (Å²) >= 11 is 0. The van der Waals surface area contributed by atoms with Crippen molar-refractivity contribution >= 4 is 15.9 Å². The molecule has 3 heterocycles. The Morgan fingerprint density at radius 2 is 2.30 bits per heavy atom. The number of nitrogens with one attached hydrogen (secondary N) is 2. The Balaban J connectivity index is 1.60. The smallest absolute Gasteiger partial charge is 0.315 e. The van der Waals surface area contributed by atoms with Crippen molar-refractivity contribution in [1.29, 1.82) is 0 Å². The van der Waals surface area contributed by atoms with Gasteiger partial charge in [0, 0.05) is 24.3 Å². The van der Waals surface area contributed by atoms with Crippen molar-refractivity contribution in [2.75, 3.05) is 11.5 Å². The van der Waals surface area contributed by atoms with Gasteiger partial charge in [-0.3, -0.25) is 0 Å². The minimum atomic E-state index is -3.02. The summed E-state index contributed by atoms with van der Waals surface area (Å²) in [4.78, 5) is 20.0. The molecule has 1 aliphatic heterocycles. The highest BCUT2D eigenvalue weighted by molar-refractivity contribution is 7.91. The number of hydrogen-bond donors (Lipinski definition) is 2. The molecule has 0 saturated carbocycles. The molecule has 0 aliphatic carbocycles. The van der Waals surface area contributed by atoms with Gasteiger partial charge in [0.1, 0.15) is 12.7 Å². The maximum Gasteiger partial charge on any atom is 0.315 e. The lowest BCUT2D eigenvalue weighted by molar-refractivity contribution is 0.237. The number of nitrogens with zero attached hydrogens (tertiary/aromatic N) is 4. The van der Waals surface area contributed by atoms with E-state index in [9.17, 15) is 13.2 Å². The molecule has 0 bridgehead atoms. The number of hydrogen-bond acceptors (Lipinski definition) is 6. The van der Waals surface area contributed by atoms with Crippen LogP contribution in [0.2, 0.25) is 0 Å². The van der Waals surface area contributed by atoms with Gasteiger partial charge in [0.25, 0.3) is 0 Å². The predicted octanol–water partition coefficient (Wildman–Crippen LogP) is -0.351. The van der Waals surface area contributed by atoms with Crippen LogP contribution in [-0.4, -0.2) is 51.7 Å². The molecular weight excluding hydrogens is 320 g/mol. The summed E-state index contributed by atoms with van der Waals surface area (Å²) in [5.41, 5.74) is 0.771. The Morgan fingerprint density at radius 1 is 1.43 bits per heavy atom. The highest BCUT2D eigenvalue weighted by Gasteiger charge is 2.28. The first kappa shape index (κ1) is 15.4. The highest BCUT2D eigenvalue weighted by atomic mass is 32.2. The van der Waals surface area contributed by atoms with Crippen LogP contribution in [0.1, 0.15) is 12.0 Å². The third kappa shape index (κ3) is 3.83. The Labute approximate surface area is 133 Å². The summed E-state index contributed by atoms with van der Waals surface area (Å²) in [6.07, 6.45) is 5.01. The number of sulfone groups is 1. The lowest BCUT2D eigenvalue weighted by Crippen LogP contribution is -2.42. The van der Waals surface area contributed by atoms with Gasteiger partial charge >= 0.3 is 6.03 Å². The molecule has 0 radical (unpaired) electrons. The summed E-state index contributed by atoms with van der Waals surface area (Å²) in [6.45, 7) is 0.244. The van der Waals surface area contributed by atoms with Gasteiger partial charge in [-0.25, -0.2) is 27.9 Å². The van der Waals surface area contributed by atoms with E-state index < -0.39 is 15.9 Å². The minimum absolute atomic E-state index is 0.00246. The van der Waals surface area contributed by atoms with Crippen molar-refractivity contribution < 1.29 is 13.2 Å². The zero-order valence-corrected chi connectivity index (χ0v) is 13.0.